The van der Waals surface area contributed by atoms with Crippen molar-refractivity contribution in [1.29, 1.82) is 0 Å². The van der Waals surface area contributed by atoms with Crippen LogP contribution in [-0.4, -0.2) is 17.7 Å². The highest BCUT2D eigenvalue weighted by Crippen LogP contribution is 2.28. The van der Waals surface area contributed by atoms with Gasteiger partial charge in [0.25, 0.3) is 5.91 Å². The number of anilines is 1. The normalized spacial score (nSPS) is 13.6. The average molecular weight is 303 g/mol. The van der Waals surface area contributed by atoms with Gasteiger partial charge in [-0.2, -0.15) is 0 Å². The van der Waals surface area contributed by atoms with Crippen LogP contribution in [0.25, 0.3) is 0 Å². The van der Waals surface area contributed by atoms with Crippen LogP contribution in [0.1, 0.15) is 43.5 Å². The fraction of sp³-hybridized carbons (Fsp3) is 0.438. The van der Waals surface area contributed by atoms with Gasteiger partial charge < -0.3 is 5.32 Å². The number of carbonyl (C=O) groups excluding carboxylic acids is 3. The van der Waals surface area contributed by atoms with Crippen LogP contribution >= 0.6 is 0 Å². The van der Waals surface area contributed by atoms with E-state index in [0.717, 1.165) is 12.8 Å². The van der Waals surface area contributed by atoms with Gasteiger partial charge in [-0.05, 0) is 43.0 Å². The zero-order chi connectivity index (χ0) is 16.1. The number of amides is 3. The summed E-state index contributed by atoms with van der Waals surface area (Å²) < 4.78 is 0. The zero-order valence-corrected chi connectivity index (χ0v) is 12.8. The third-order valence-corrected chi connectivity index (χ3v) is 3.27. The van der Waals surface area contributed by atoms with Crippen molar-refractivity contribution in [2.75, 3.05) is 5.32 Å². The fourth-order valence-corrected chi connectivity index (χ4v) is 1.93. The number of carbonyl (C=O) groups is 3. The van der Waals surface area contributed by atoms with E-state index in [2.05, 4.69) is 16.2 Å². The van der Waals surface area contributed by atoms with Gasteiger partial charge in [-0.1, -0.05) is 13.8 Å². The average Bonchev–Trinajstić information content (AvgIpc) is 3.28. The lowest BCUT2D eigenvalue weighted by molar-refractivity contribution is -0.123. The van der Waals surface area contributed by atoms with Crippen molar-refractivity contribution in [2.24, 2.45) is 11.8 Å². The molecule has 0 bridgehead atoms. The molecule has 0 aliphatic heterocycles. The lowest BCUT2D eigenvalue weighted by Crippen LogP contribution is -2.42. The molecule has 6 nitrogen and oxygen atoms in total. The summed E-state index contributed by atoms with van der Waals surface area (Å²) in [6.45, 7) is 3.95. The molecule has 3 N–H and O–H groups in total. The molecule has 6 heteroatoms. The van der Waals surface area contributed by atoms with Gasteiger partial charge in [0, 0.05) is 23.6 Å². The molecular formula is C16H21N3O3. The fourth-order valence-electron chi connectivity index (χ4n) is 1.93. The third kappa shape index (κ3) is 4.87. The highest BCUT2D eigenvalue weighted by atomic mass is 16.2. The Labute approximate surface area is 129 Å². The monoisotopic (exact) mass is 303 g/mol. The van der Waals surface area contributed by atoms with Gasteiger partial charge >= 0.3 is 0 Å². The Morgan fingerprint density at radius 1 is 1.09 bits per heavy atom. The standard InChI is InChI=1S/C16H21N3O3/c1-10(2)9-14(20)17-13-7-5-12(6-8-13)16(22)19-18-15(21)11-3-4-11/h5-8,10-11H,3-4,9H2,1-2H3,(H,17,20)(H,18,21)(H,19,22). The molecule has 118 valence electrons. The largest absolute Gasteiger partial charge is 0.326 e. The van der Waals surface area contributed by atoms with Crippen LogP contribution in [0.15, 0.2) is 24.3 Å². The van der Waals surface area contributed by atoms with E-state index in [1.165, 1.54) is 0 Å². The Hall–Kier alpha value is -2.37. The summed E-state index contributed by atoms with van der Waals surface area (Å²) in [6.07, 6.45) is 2.22. The molecular weight excluding hydrogens is 282 g/mol. The number of hydrazine groups is 1. The first-order chi connectivity index (χ1) is 10.5. The molecule has 0 aromatic heterocycles. The summed E-state index contributed by atoms with van der Waals surface area (Å²) in [5.41, 5.74) is 5.84. The quantitative estimate of drug-likeness (QED) is 0.725. The minimum Gasteiger partial charge on any atom is -0.326 e. The number of rotatable bonds is 5. The zero-order valence-electron chi connectivity index (χ0n) is 12.8. The van der Waals surface area contributed by atoms with Crippen LogP contribution < -0.4 is 16.2 Å². The molecule has 1 aliphatic rings. The Morgan fingerprint density at radius 3 is 2.27 bits per heavy atom. The lowest BCUT2D eigenvalue weighted by Gasteiger charge is -2.09. The van der Waals surface area contributed by atoms with Crippen molar-refractivity contribution < 1.29 is 14.4 Å². The molecule has 1 fully saturated rings. The predicted octanol–water partition coefficient (Wildman–Crippen LogP) is 1.84. The predicted molar refractivity (Wildman–Crippen MR) is 82.9 cm³/mol. The van der Waals surface area contributed by atoms with Gasteiger partial charge in [0.1, 0.15) is 0 Å². The van der Waals surface area contributed by atoms with Gasteiger partial charge in [-0.15, -0.1) is 0 Å². The van der Waals surface area contributed by atoms with Crippen LogP contribution in [0.3, 0.4) is 0 Å². The molecule has 0 spiro atoms. The Morgan fingerprint density at radius 2 is 1.73 bits per heavy atom. The van der Waals surface area contributed by atoms with Gasteiger partial charge in [0.2, 0.25) is 11.8 Å². The Bertz CT molecular complexity index is 563. The molecule has 0 saturated heterocycles. The minimum atomic E-state index is -0.381. The molecule has 22 heavy (non-hydrogen) atoms. The van der Waals surface area contributed by atoms with Crippen molar-refractivity contribution in [3.63, 3.8) is 0 Å². The lowest BCUT2D eigenvalue weighted by atomic mass is 10.1. The smallest absolute Gasteiger partial charge is 0.269 e. The molecule has 1 aliphatic carbocycles. The van der Waals surface area contributed by atoms with E-state index >= 15 is 0 Å². The number of hydrogen-bond donors (Lipinski definition) is 3. The van der Waals surface area contributed by atoms with Crippen LogP contribution in [-0.2, 0) is 9.59 Å². The van der Waals surface area contributed by atoms with E-state index < -0.39 is 0 Å². The minimum absolute atomic E-state index is 0.0406. The highest BCUT2D eigenvalue weighted by molar-refractivity contribution is 5.97. The summed E-state index contributed by atoms with van der Waals surface area (Å²) in [7, 11) is 0. The van der Waals surface area contributed by atoms with E-state index in [1.807, 2.05) is 13.8 Å². The second kappa shape index (κ2) is 7.06. The second-order valence-electron chi connectivity index (χ2n) is 5.94. The molecule has 0 heterocycles. The first kappa shape index (κ1) is 16.0. The second-order valence-corrected chi connectivity index (χ2v) is 5.94. The molecule has 0 unspecified atom stereocenters. The summed E-state index contributed by atoms with van der Waals surface area (Å²) in [6, 6.07) is 6.53. The topological polar surface area (TPSA) is 87.3 Å². The van der Waals surface area contributed by atoms with Crippen LogP contribution in [0.5, 0.6) is 0 Å². The molecule has 1 saturated carbocycles. The summed E-state index contributed by atoms with van der Waals surface area (Å²) >= 11 is 0. The van der Waals surface area contributed by atoms with Crippen LogP contribution in [0.2, 0.25) is 0 Å². The van der Waals surface area contributed by atoms with E-state index in [9.17, 15) is 14.4 Å². The van der Waals surface area contributed by atoms with Crippen molar-refractivity contribution in [3.05, 3.63) is 29.8 Å². The third-order valence-electron chi connectivity index (χ3n) is 3.27. The molecule has 0 radical (unpaired) electrons. The van der Waals surface area contributed by atoms with Crippen molar-refractivity contribution >= 4 is 23.4 Å². The van der Waals surface area contributed by atoms with E-state index in [4.69, 9.17) is 0 Å². The molecule has 3 amide bonds. The van der Waals surface area contributed by atoms with Crippen molar-refractivity contribution in [2.45, 2.75) is 33.1 Å². The van der Waals surface area contributed by atoms with Gasteiger partial charge in [0.05, 0.1) is 0 Å². The van der Waals surface area contributed by atoms with Gasteiger partial charge in [-0.3, -0.25) is 25.2 Å². The van der Waals surface area contributed by atoms with E-state index in [0.29, 0.717) is 23.6 Å². The van der Waals surface area contributed by atoms with Crippen LogP contribution in [0.4, 0.5) is 5.69 Å². The van der Waals surface area contributed by atoms with E-state index in [-0.39, 0.29) is 23.6 Å². The van der Waals surface area contributed by atoms with Crippen LogP contribution in [0, 0.1) is 11.8 Å². The Kier molecular flexibility index (Phi) is 5.14. The maximum atomic E-state index is 11.9. The first-order valence-corrected chi connectivity index (χ1v) is 7.46. The molecule has 2 rings (SSSR count). The number of nitrogens with one attached hydrogen (secondary N) is 3. The maximum absolute atomic E-state index is 11.9. The summed E-state index contributed by atoms with van der Waals surface area (Å²) in [5, 5.41) is 2.77. The van der Waals surface area contributed by atoms with Gasteiger partial charge in [0.15, 0.2) is 0 Å². The molecule has 1 aromatic rings. The first-order valence-electron chi connectivity index (χ1n) is 7.46. The Balaban J connectivity index is 1.83. The summed E-state index contributed by atoms with van der Waals surface area (Å²) in [5.74, 6) is -0.247. The van der Waals surface area contributed by atoms with Gasteiger partial charge in [-0.25, -0.2) is 0 Å². The van der Waals surface area contributed by atoms with Crippen molar-refractivity contribution in [1.82, 2.24) is 10.9 Å². The molecule has 0 atom stereocenters. The number of benzene rings is 1. The summed E-state index contributed by atoms with van der Waals surface area (Å²) in [4.78, 5) is 34.9. The highest BCUT2D eigenvalue weighted by Gasteiger charge is 2.29. The van der Waals surface area contributed by atoms with Crippen molar-refractivity contribution in [3.8, 4) is 0 Å². The number of hydrogen-bond acceptors (Lipinski definition) is 3. The SMILES string of the molecule is CC(C)CC(=O)Nc1ccc(C(=O)NNC(=O)C2CC2)cc1. The van der Waals surface area contributed by atoms with E-state index in [1.54, 1.807) is 24.3 Å². The maximum Gasteiger partial charge on any atom is 0.269 e. The molecule has 1 aromatic carbocycles.